The monoisotopic (exact) mass is 201 g/mol. The molecule has 1 saturated heterocycles. The molecule has 1 aliphatic heterocycles. The van der Waals surface area contributed by atoms with Crippen LogP contribution in [0.1, 0.15) is 12.0 Å². The van der Waals surface area contributed by atoms with Crippen LogP contribution in [0.3, 0.4) is 0 Å². The minimum Gasteiger partial charge on any atom is -0.313 e. The average Bonchev–Trinajstić information content (AvgIpc) is 2.58. The minimum atomic E-state index is -1.55. The van der Waals surface area contributed by atoms with Gasteiger partial charge in [-0.3, -0.25) is 0 Å². The Hall–Kier alpha value is -1.03. The van der Waals surface area contributed by atoms with E-state index in [4.69, 9.17) is 0 Å². The van der Waals surface area contributed by atoms with Crippen LogP contribution in [0.25, 0.3) is 0 Å². The van der Waals surface area contributed by atoms with Gasteiger partial charge >= 0.3 is 0 Å². The van der Waals surface area contributed by atoms with Gasteiger partial charge in [-0.2, -0.15) is 0 Å². The Morgan fingerprint density at radius 3 is 2.57 bits per heavy atom. The second-order valence-corrected chi connectivity index (χ2v) is 3.52. The van der Waals surface area contributed by atoms with Crippen molar-refractivity contribution < 1.29 is 13.2 Å². The fourth-order valence-electron chi connectivity index (χ4n) is 1.68. The Kier molecular flexibility index (Phi) is 2.23. The first-order chi connectivity index (χ1) is 6.62. The van der Waals surface area contributed by atoms with Gasteiger partial charge in [-0.15, -0.1) is 0 Å². The summed E-state index contributed by atoms with van der Waals surface area (Å²) in [5.41, 5.74) is -1.34. The Balaban J connectivity index is 2.36. The number of halogens is 3. The molecule has 1 aliphatic rings. The van der Waals surface area contributed by atoms with E-state index in [2.05, 4.69) is 5.32 Å². The molecule has 2 rings (SSSR count). The number of benzene rings is 1. The molecular weight excluding hydrogens is 191 g/mol. The van der Waals surface area contributed by atoms with Crippen LogP contribution in [0, 0.1) is 11.6 Å². The Morgan fingerprint density at radius 1 is 1.21 bits per heavy atom. The van der Waals surface area contributed by atoms with Crippen LogP contribution in [-0.2, 0) is 5.67 Å². The zero-order valence-corrected chi connectivity index (χ0v) is 7.49. The van der Waals surface area contributed by atoms with Gasteiger partial charge in [0.05, 0.1) is 0 Å². The van der Waals surface area contributed by atoms with Crippen LogP contribution >= 0.6 is 0 Å². The summed E-state index contributed by atoms with van der Waals surface area (Å²) < 4.78 is 39.4. The van der Waals surface area contributed by atoms with Gasteiger partial charge in [0.1, 0.15) is 5.67 Å². The molecule has 0 spiro atoms. The quantitative estimate of drug-likeness (QED) is 0.733. The van der Waals surface area contributed by atoms with Gasteiger partial charge in [0.15, 0.2) is 11.6 Å². The number of hydrogen-bond donors (Lipinski definition) is 1. The fourth-order valence-corrected chi connectivity index (χ4v) is 1.68. The number of hydrogen-bond acceptors (Lipinski definition) is 1. The van der Waals surface area contributed by atoms with Gasteiger partial charge in [-0.05, 0) is 30.7 Å². The molecular formula is C10H10F3N. The van der Waals surface area contributed by atoms with Crippen molar-refractivity contribution in [2.45, 2.75) is 12.1 Å². The average molecular weight is 201 g/mol. The lowest BCUT2D eigenvalue weighted by Gasteiger charge is -2.18. The maximum absolute atomic E-state index is 14.0. The second-order valence-electron chi connectivity index (χ2n) is 3.52. The third-order valence-corrected chi connectivity index (χ3v) is 2.54. The summed E-state index contributed by atoms with van der Waals surface area (Å²) in [6.45, 7) is 0.730. The maximum atomic E-state index is 14.0. The molecule has 0 saturated carbocycles. The van der Waals surface area contributed by atoms with E-state index >= 15 is 0 Å². The van der Waals surface area contributed by atoms with Gasteiger partial charge in [0.25, 0.3) is 0 Å². The van der Waals surface area contributed by atoms with E-state index in [0.717, 1.165) is 12.1 Å². The number of rotatable bonds is 1. The third kappa shape index (κ3) is 1.50. The fraction of sp³-hybridized carbons (Fsp3) is 0.400. The lowest BCUT2D eigenvalue weighted by molar-refractivity contribution is 0.192. The topological polar surface area (TPSA) is 12.0 Å². The van der Waals surface area contributed by atoms with Gasteiger partial charge in [0, 0.05) is 6.54 Å². The van der Waals surface area contributed by atoms with E-state index in [1.165, 1.54) is 6.07 Å². The van der Waals surface area contributed by atoms with Crippen molar-refractivity contribution >= 4 is 0 Å². The molecule has 0 aliphatic carbocycles. The summed E-state index contributed by atoms with van der Waals surface area (Å²) in [5.74, 6) is -1.94. The molecule has 1 unspecified atom stereocenters. The van der Waals surface area contributed by atoms with E-state index < -0.39 is 17.3 Å². The normalized spacial score (nSPS) is 26.8. The van der Waals surface area contributed by atoms with Gasteiger partial charge in [0.2, 0.25) is 0 Å². The molecule has 1 heterocycles. The molecule has 1 aromatic carbocycles. The van der Waals surface area contributed by atoms with Crippen LogP contribution in [0.2, 0.25) is 0 Å². The van der Waals surface area contributed by atoms with Crippen LogP contribution in [0.15, 0.2) is 18.2 Å². The van der Waals surface area contributed by atoms with E-state index in [1.807, 2.05) is 0 Å². The van der Waals surface area contributed by atoms with Crippen molar-refractivity contribution in [2.75, 3.05) is 13.1 Å². The molecule has 0 bridgehead atoms. The summed E-state index contributed by atoms with van der Waals surface area (Å²) >= 11 is 0. The molecule has 1 N–H and O–H groups in total. The highest BCUT2D eigenvalue weighted by molar-refractivity contribution is 5.26. The third-order valence-electron chi connectivity index (χ3n) is 2.54. The first kappa shape index (κ1) is 9.52. The summed E-state index contributed by atoms with van der Waals surface area (Å²) in [4.78, 5) is 0. The largest absolute Gasteiger partial charge is 0.313 e. The first-order valence-electron chi connectivity index (χ1n) is 4.47. The summed E-state index contributed by atoms with van der Waals surface area (Å²) in [6, 6.07) is 3.19. The van der Waals surface area contributed by atoms with Crippen LogP contribution < -0.4 is 5.32 Å². The predicted octanol–water partition coefficient (Wildman–Crippen LogP) is 2.12. The van der Waals surface area contributed by atoms with Crippen molar-refractivity contribution in [3.8, 4) is 0 Å². The second kappa shape index (κ2) is 3.28. The van der Waals surface area contributed by atoms with Crippen molar-refractivity contribution in [2.24, 2.45) is 0 Å². The van der Waals surface area contributed by atoms with E-state index in [9.17, 15) is 13.2 Å². The van der Waals surface area contributed by atoms with Crippen molar-refractivity contribution in [1.29, 1.82) is 0 Å². The SMILES string of the molecule is Fc1ccc(C2(F)CCNC2)cc1F. The minimum absolute atomic E-state index is 0.165. The van der Waals surface area contributed by atoms with E-state index in [1.54, 1.807) is 0 Å². The molecule has 0 aromatic heterocycles. The van der Waals surface area contributed by atoms with Crippen molar-refractivity contribution in [3.05, 3.63) is 35.4 Å². The molecule has 0 radical (unpaired) electrons. The van der Waals surface area contributed by atoms with Gasteiger partial charge < -0.3 is 5.32 Å². The molecule has 1 fully saturated rings. The standard InChI is InChI=1S/C10H10F3N/c11-8-2-1-7(5-9(8)12)10(13)3-4-14-6-10/h1-2,5,14H,3-4,6H2. The molecule has 1 nitrogen and oxygen atoms in total. The molecule has 1 atom stereocenters. The zero-order valence-electron chi connectivity index (χ0n) is 7.49. The number of alkyl halides is 1. The zero-order chi connectivity index (χ0) is 10.2. The summed E-state index contributed by atoms with van der Waals surface area (Å²) in [7, 11) is 0. The molecule has 0 amide bonds. The highest BCUT2D eigenvalue weighted by atomic mass is 19.2. The van der Waals surface area contributed by atoms with E-state index in [-0.39, 0.29) is 12.1 Å². The Labute approximate surface area is 79.9 Å². The van der Waals surface area contributed by atoms with Gasteiger partial charge in [-0.25, -0.2) is 13.2 Å². The number of nitrogens with one attached hydrogen (secondary N) is 1. The molecule has 14 heavy (non-hydrogen) atoms. The molecule has 4 heteroatoms. The summed E-state index contributed by atoms with van der Waals surface area (Å²) in [6.07, 6.45) is 0.304. The van der Waals surface area contributed by atoms with Crippen molar-refractivity contribution in [3.63, 3.8) is 0 Å². The van der Waals surface area contributed by atoms with Crippen LogP contribution in [0.4, 0.5) is 13.2 Å². The lowest BCUT2D eigenvalue weighted by atomic mass is 9.95. The highest BCUT2D eigenvalue weighted by Crippen LogP contribution is 2.32. The Morgan fingerprint density at radius 2 is 2.00 bits per heavy atom. The predicted molar refractivity (Wildman–Crippen MR) is 46.6 cm³/mol. The highest BCUT2D eigenvalue weighted by Gasteiger charge is 2.35. The van der Waals surface area contributed by atoms with Gasteiger partial charge in [-0.1, -0.05) is 6.07 Å². The van der Waals surface area contributed by atoms with Crippen molar-refractivity contribution in [1.82, 2.24) is 5.32 Å². The van der Waals surface area contributed by atoms with Crippen LogP contribution in [0.5, 0.6) is 0 Å². The van der Waals surface area contributed by atoms with E-state index in [0.29, 0.717) is 13.0 Å². The summed E-state index contributed by atoms with van der Waals surface area (Å²) in [5, 5.41) is 2.85. The smallest absolute Gasteiger partial charge is 0.159 e. The van der Waals surface area contributed by atoms with Crippen LogP contribution in [-0.4, -0.2) is 13.1 Å². The Bertz CT molecular complexity index is 345. The molecule has 1 aromatic rings. The lowest BCUT2D eigenvalue weighted by Crippen LogP contribution is -2.23. The first-order valence-corrected chi connectivity index (χ1v) is 4.47. The molecule has 76 valence electrons. The maximum Gasteiger partial charge on any atom is 0.159 e.